The Morgan fingerprint density at radius 2 is 1.92 bits per heavy atom. The number of quaternary nitrogens is 1. The summed E-state index contributed by atoms with van der Waals surface area (Å²) in [6, 6.07) is 16.1. The highest BCUT2D eigenvalue weighted by Crippen LogP contribution is 2.18. The Hall–Kier alpha value is -2.33. The Morgan fingerprint density at radius 1 is 1.21 bits per heavy atom. The maximum absolute atomic E-state index is 12.3. The number of hydrogen-bond acceptors (Lipinski definition) is 2. The van der Waals surface area contributed by atoms with E-state index in [-0.39, 0.29) is 11.9 Å². The third-order valence-electron chi connectivity index (χ3n) is 4.07. The van der Waals surface area contributed by atoms with Crippen molar-refractivity contribution in [3.8, 4) is 5.75 Å². The van der Waals surface area contributed by atoms with Crippen LogP contribution in [0.25, 0.3) is 0 Å². The number of carbonyl (C=O) groups excluding carboxylic acids is 1. The average Bonchev–Trinajstić information content (AvgIpc) is 2.55. The lowest BCUT2D eigenvalue weighted by Crippen LogP contribution is -3.08. The van der Waals surface area contributed by atoms with E-state index < -0.39 is 0 Å². The molecule has 0 heterocycles. The molecule has 128 valence electrons. The van der Waals surface area contributed by atoms with Crippen molar-refractivity contribution in [1.82, 2.24) is 5.32 Å². The van der Waals surface area contributed by atoms with Crippen molar-refractivity contribution in [2.45, 2.75) is 26.4 Å². The van der Waals surface area contributed by atoms with Gasteiger partial charge in [-0.2, -0.15) is 0 Å². The van der Waals surface area contributed by atoms with Crippen molar-refractivity contribution >= 4 is 5.91 Å². The number of carbonyl (C=O) groups is 1. The smallest absolute Gasteiger partial charge is 0.275 e. The lowest BCUT2D eigenvalue weighted by atomic mass is 10.1. The molecule has 0 aliphatic carbocycles. The van der Waals surface area contributed by atoms with Gasteiger partial charge in [0.05, 0.1) is 20.2 Å². The molecule has 4 heteroatoms. The Morgan fingerprint density at radius 3 is 2.58 bits per heavy atom. The lowest BCUT2D eigenvalue weighted by Gasteiger charge is -2.18. The van der Waals surface area contributed by atoms with Gasteiger partial charge in [0.2, 0.25) is 0 Å². The van der Waals surface area contributed by atoms with Gasteiger partial charge < -0.3 is 15.0 Å². The molecule has 2 aromatic rings. The Bertz CT molecular complexity index is 671. The molecule has 0 aliphatic heterocycles. The Kier molecular flexibility index (Phi) is 6.38. The molecular weight excluding hydrogens is 300 g/mol. The minimum atomic E-state index is 0.0139. The van der Waals surface area contributed by atoms with Gasteiger partial charge in [-0.25, -0.2) is 0 Å². The van der Waals surface area contributed by atoms with E-state index in [4.69, 9.17) is 4.74 Å². The molecule has 2 N–H and O–H groups in total. The summed E-state index contributed by atoms with van der Waals surface area (Å²) < 4.78 is 5.41. The number of benzene rings is 2. The Labute approximate surface area is 144 Å². The summed E-state index contributed by atoms with van der Waals surface area (Å²) in [5.74, 6) is 0.925. The fourth-order valence-electron chi connectivity index (χ4n) is 2.82. The van der Waals surface area contributed by atoms with E-state index in [0.717, 1.165) is 28.3 Å². The zero-order chi connectivity index (χ0) is 17.5. The largest absolute Gasteiger partial charge is 0.496 e. The third-order valence-corrected chi connectivity index (χ3v) is 4.07. The number of nitrogens with one attached hydrogen (secondary N) is 2. The second kappa shape index (κ2) is 8.50. The standard InChI is InChI=1S/C20H26N2O2/c1-15-10-11-19(24-4)18(12-15)13-22(3)14-20(23)21-16(2)17-8-6-5-7-9-17/h5-12,16H,13-14H2,1-4H3,(H,21,23)/p+1/t16-/m0/s1. The minimum Gasteiger partial charge on any atom is -0.496 e. The summed E-state index contributed by atoms with van der Waals surface area (Å²) in [4.78, 5) is 13.4. The first kappa shape index (κ1) is 18.0. The predicted octanol–water partition coefficient (Wildman–Crippen LogP) is 1.90. The second-order valence-electron chi connectivity index (χ2n) is 6.33. The highest BCUT2D eigenvalue weighted by atomic mass is 16.5. The molecule has 1 amide bonds. The van der Waals surface area contributed by atoms with Crippen molar-refractivity contribution in [2.24, 2.45) is 0 Å². The van der Waals surface area contributed by atoms with Gasteiger partial charge in [-0.1, -0.05) is 42.0 Å². The highest BCUT2D eigenvalue weighted by molar-refractivity contribution is 5.77. The summed E-state index contributed by atoms with van der Waals surface area (Å²) in [5, 5.41) is 3.06. The van der Waals surface area contributed by atoms with Crippen LogP contribution in [-0.2, 0) is 11.3 Å². The second-order valence-corrected chi connectivity index (χ2v) is 6.33. The number of amides is 1. The van der Waals surface area contributed by atoms with Crippen LogP contribution in [-0.4, -0.2) is 26.6 Å². The molecule has 0 aromatic heterocycles. The maximum Gasteiger partial charge on any atom is 0.275 e. The van der Waals surface area contributed by atoms with Gasteiger partial charge in [0, 0.05) is 5.56 Å². The molecule has 2 rings (SSSR count). The summed E-state index contributed by atoms with van der Waals surface area (Å²) in [5.41, 5.74) is 3.43. The van der Waals surface area contributed by atoms with Crippen LogP contribution in [0.2, 0.25) is 0 Å². The van der Waals surface area contributed by atoms with Crippen LogP contribution in [0.5, 0.6) is 5.75 Å². The number of likely N-dealkylation sites (N-methyl/N-ethyl adjacent to an activating group) is 1. The summed E-state index contributed by atoms with van der Waals surface area (Å²) in [7, 11) is 3.70. The maximum atomic E-state index is 12.3. The number of ether oxygens (including phenoxy) is 1. The summed E-state index contributed by atoms with van der Waals surface area (Å²) in [6.07, 6.45) is 0. The van der Waals surface area contributed by atoms with E-state index in [1.54, 1.807) is 7.11 Å². The van der Waals surface area contributed by atoms with Gasteiger partial charge in [-0.3, -0.25) is 4.79 Å². The first-order valence-electron chi connectivity index (χ1n) is 8.28. The summed E-state index contributed by atoms with van der Waals surface area (Å²) >= 11 is 0. The predicted molar refractivity (Wildman–Crippen MR) is 96.2 cm³/mol. The monoisotopic (exact) mass is 327 g/mol. The first-order chi connectivity index (χ1) is 11.5. The van der Waals surface area contributed by atoms with E-state index in [9.17, 15) is 4.79 Å². The van der Waals surface area contributed by atoms with E-state index in [1.807, 2.05) is 56.4 Å². The van der Waals surface area contributed by atoms with Gasteiger partial charge in [-0.05, 0) is 31.5 Å². The molecule has 2 atom stereocenters. The molecule has 0 fully saturated rings. The fraction of sp³-hybridized carbons (Fsp3) is 0.350. The van der Waals surface area contributed by atoms with Gasteiger partial charge in [-0.15, -0.1) is 0 Å². The molecule has 1 unspecified atom stereocenters. The number of hydrogen-bond donors (Lipinski definition) is 2. The van der Waals surface area contributed by atoms with Gasteiger partial charge >= 0.3 is 0 Å². The number of rotatable bonds is 7. The highest BCUT2D eigenvalue weighted by Gasteiger charge is 2.15. The molecule has 0 saturated heterocycles. The van der Waals surface area contributed by atoms with Crippen LogP contribution in [0.1, 0.15) is 29.7 Å². The average molecular weight is 327 g/mol. The van der Waals surface area contributed by atoms with Crippen molar-refractivity contribution in [2.75, 3.05) is 20.7 Å². The van der Waals surface area contributed by atoms with E-state index in [1.165, 1.54) is 5.56 Å². The van der Waals surface area contributed by atoms with Crippen molar-refractivity contribution < 1.29 is 14.4 Å². The topological polar surface area (TPSA) is 42.8 Å². The summed E-state index contributed by atoms with van der Waals surface area (Å²) in [6.45, 7) is 5.24. The fourth-order valence-corrected chi connectivity index (χ4v) is 2.82. The van der Waals surface area contributed by atoms with Crippen LogP contribution in [0.3, 0.4) is 0 Å². The van der Waals surface area contributed by atoms with Crippen molar-refractivity contribution in [1.29, 1.82) is 0 Å². The van der Waals surface area contributed by atoms with Gasteiger partial charge in [0.1, 0.15) is 12.3 Å². The van der Waals surface area contributed by atoms with Gasteiger partial charge in [0.15, 0.2) is 6.54 Å². The van der Waals surface area contributed by atoms with Crippen LogP contribution in [0, 0.1) is 6.92 Å². The minimum absolute atomic E-state index is 0.0139. The van der Waals surface area contributed by atoms with Crippen LogP contribution < -0.4 is 15.0 Å². The molecular formula is C20H27N2O2+. The van der Waals surface area contributed by atoms with Crippen molar-refractivity contribution in [3.63, 3.8) is 0 Å². The molecule has 0 bridgehead atoms. The molecule has 0 aliphatic rings. The normalized spacial score (nSPS) is 13.2. The number of aryl methyl sites for hydroxylation is 1. The molecule has 0 radical (unpaired) electrons. The zero-order valence-corrected chi connectivity index (χ0v) is 14.9. The zero-order valence-electron chi connectivity index (χ0n) is 14.9. The van der Waals surface area contributed by atoms with Gasteiger partial charge in [0.25, 0.3) is 5.91 Å². The Balaban J connectivity index is 1.91. The molecule has 0 spiro atoms. The van der Waals surface area contributed by atoms with Crippen LogP contribution in [0.15, 0.2) is 48.5 Å². The SMILES string of the molecule is COc1ccc(C)cc1C[NH+](C)CC(=O)N[C@@H](C)c1ccccc1. The van der Waals surface area contributed by atoms with Crippen molar-refractivity contribution in [3.05, 3.63) is 65.2 Å². The molecule has 0 saturated carbocycles. The first-order valence-corrected chi connectivity index (χ1v) is 8.28. The lowest BCUT2D eigenvalue weighted by molar-refractivity contribution is -0.885. The quantitative estimate of drug-likeness (QED) is 0.816. The molecule has 24 heavy (non-hydrogen) atoms. The third kappa shape index (κ3) is 5.10. The molecule has 2 aromatic carbocycles. The molecule has 4 nitrogen and oxygen atoms in total. The van der Waals surface area contributed by atoms with E-state index >= 15 is 0 Å². The number of methoxy groups -OCH3 is 1. The van der Waals surface area contributed by atoms with E-state index in [2.05, 4.69) is 18.3 Å². The van der Waals surface area contributed by atoms with Crippen LogP contribution in [0.4, 0.5) is 0 Å². The van der Waals surface area contributed by atoms with E-state index in [0.29, 0.717) is 6.54 Å². The van der Waals surface area contributed by atoms with Crippen LogP contribution >= 0.6 is 0 Å².